The molecule has 2 atom stereocenters. The summed E-state index contributed by atoms with van der Waals surface area (Å²) in [5, 5.41) is 8.35. The number of halogens is 8. The normalized spacial score (nSPS) is 17.1. The molecule has 4 aromatic rings. The molecule has 4 heterocycles. The second kappa shape index (κ2) is 10.9. The van der Waals surface area contributed by atoms with Crippen molar-refractivity contribution in [1.82, 2.24) is 24.5 Å². The minimum Gasteiger partial charge on any atom is -0.432 e. The quantitative estimate of drug-likeness (QED) is 0.335. The molecule has 0 saturated carbocycles. The second-order valence-electron chi connectivity index (χ2n) is 8.25. The third kappa shape index (κ3) is 5.69. The van der Waals surface area contributed by atoms with E-state index in [2.05, 4.69) is 19.9 Å². The highest BCUT2D eigenvalue weighted by atomic mass is 35.5. The van der Waals surface area contributed by atoms with Crippen molar-refractivity contribution in [3.8, 4) is 17.3 Å². The zero-order valence-corrected chi connectivity index (χ0v) is 20.3. The highest BCUT2D eigenvalue weighted by molar-refractivity contribution is 5.85. The van der Waals surface area contributed by atoms with E-state index < -0.39 is 30.4 Å². The van der Waals surface area contributed by atoms with Crippen molar-refractivity contribution in [3.05, 3.63) is 54.0 Å². The lowest BCUT2D eigenvalue weighted by atomic mass is 10.1. The van der Waals surface area contributed by atoms with Crippen LogP contribution in [0.1, 0.15) is 18.0 Å². The summed E-state index contributed by atoms with van der Waals surface area (Å²) in [6, 6.07) is 5.56. The number of nitrogens with zero attached hydrogens (tertiary/aromatic N) is 5. The molecular formula is C22H20Cl2F6N6O. The molecule has 200 valence electrons. The van der Waals surface area contributed by atoms with Crippen LogP contribution in [-0.4, -0.2) is 56.4 Å². The molecule has 0 spiro atoms. The lowest BCUT2D eigenvalue weighted by Crippen LogP contribution is -2.38. The smallest absolute Gasteiger partial charge is 0.408 e. The van der Waals surface area contributed by atoms with Crippen molar-refractivity contribution in [1.29, 1.82) is 0 Å². The van der Waals surface area contributed by atoms with E-state index in [0.29, 0.717) is 11.8 Å². The van der Waals surface area contributed by atoms with E-state index in [1.807, 2.05) is 0 Å². The number of benzene rings is 1. The van der Waals surface area contributed by atoms with Crippen LogP contribution in [0, 0.1) is 5.82 Å². The SMILES string of the molecule is Cl.Cl.NC1CCN([C@H](c2ccc3nnc(-c4ccc5cc(F)c(OC(F)F)cc5n4)n3c2)C(F)(F)F)C1. The molecule has 0 amide bonds. The lowest BCUT2D eigenvalue weighted by Gasteiger charge is -2.30. The summed E-state index contributed by atoms with van der Waals surface area (Å²) in [6.07, 6.45) is -2.78. The van der Waals surface area contributed by atoms with Gasteiger partial charge in [-0.15, -0.1) is 35.0 Å². The largest absolute Gasteiger partial charge is 0.432 e. The van der Waals surface area contributed by atoms with Gasteiger partial charge in [0.15, 0.2) is 23.0 Å². The van der Waals surface area contributed by atoms with Gasteiger partial charge < -0.3 is 10.5 Å². The van der Waals surface area contributed by atoms with Crippen LogP contribution < -0.4 is 10.5 Å². The average molecular weight is 569 g/mol. The minimum atomic E-state index is -4.54. The Morgan fingerprint density at radius 2 is 1.81 bits per heavy atom. The second-order valence-corrected chi connectivity index (χ2v) is 8.25. The van der Waals surface area contributed by atoms with Gasteiger partial charge in [-0.1, -0.05) is 12.1 Å². The molecular weight excluding hydrogens is 549 g/mol. The van der Waals surface area contributed by atoms with Gasteiger partial charge in [-0.3, -0.25) is 9.30 Å². The molecule has 1 aliphatic rings. The number of hydrogen-bond acceptors (Lipinski definition) is 6. The average Bonchev–Trinajstić information content (AvgIpc) is 3.39. The van der Waals surface area contributed by atoms with Gasteiger partial charge in [-0.2, -0.15) is 22.0 Å². The highest BCUT2D eigenvalue weighted by Crippen LogP contribution is 2.39. The van der Waals surface area contributed by atoms with E-state index >= 15 is 0 Å². The standard InChI is InChI=1S/C22H18F6N6O.2ClH/c23-14-7-11-1-3-15(30-16(11)8-17(14)35-21(24)25)20-32-31-18-4-2-12(9-34(18)20)19(22(26,27)28)33-6-5-13(29)10-33;;/h1-4,7-9,13,19,21H,5-6,10,29H2;2*1H/t13?,19-;;/m1../s1. The van der Waals surface area contributed by atoms with Crippen molar-refractivity contribution in [2.75, 3.05) is 13.1 Å². The van der Waals surface area contributed by atoms with Gasteiger partial charge in [-0.05, 0) is 30.2 Å². The summed E-state index contributed by atoms with van der Waals surface area (Å²) in [6.45, 7) is -2.90. The molecule has 2 N–H and O–H groups in total. The van der Waals surface area contributed by atoms with Gasteiger partial charge in [0.25, 0.3) is 0 Å². The zero-order valence-electron chi connectivity index (χ0n) is 18.7. The van der Waals surface area contributed by atoms with Crippen LogP contribution >= 0.6 is 24.8 Å². The zero-order chi connectivity index (χ0) is 24.9. The summed E-state index contributed by atoms with van der Waals surface area (Å²) >= 11 is 0. The molecule has 3 aromatic heterocycles. The van der Waals surface area contributed by atoms with Crippen molar-refractivity contribution >= 4 is 41.4 Å². The fourth-order valence-corrected chi connectivity index (χ4v) is 4.34. The first kappa shape index (κ1) is 28.7. The number of fused-ring (bicyclic) bond motifs is 2. The van der Waals surface area contributed by atoms with Crippen molar-refractivity contribution in [2.45, 2.75) is 31.3 Å². The number of alkyl halides is 5. The Morgan fingerprint density at radius 3 is 2.46 bits per heavy atom. The Morgan fingerprint density at radius 1 is 1.05 bits per heavy atom. The van der Waals surface area contributed by atoms with E-state index in [-0.39, 0.29) is 72.2 Å². The number of nitrogens with two attached hydrogens (primary N) is 1. The number of pyridine rings is 2. The Bertz CT molecular complexity index is 1400. The van der Waals surface area contributed by atoms with Crippen LogP contribution in [-0.2, 0) is 0 Å². The lowest BCUT2D eigenvalue weighted by molar-refractivity contribution is -0.183. The fourth-order valence-electron chi connectivity index (χ4n) is 4.34. The van der Waals surface area contributed by atoms with Crippen molar-refractivity contribution in [2.24, 2.45) is 5.73 Å². The molecule has 37 heavy (non-hydrogen) atoms. The maximum Gasteiger partial charge on any atom is 0.408 e. The predicted octanol–water partition coefficient (Wildman–Crippen LogP) is 5.17. The predicted molar refractivity (Wildman–Crippen MR) is 128 cm³/mol. The topological polar surface area (TPSA) is 81.6 Å². The first-order chi connectivity index (χ1) is 16.6. The molecule has 5 rings (SSSR count). The van der Waals surface area contributed by atoms with E-state index in [1.54, 1.807) is 0 Å². The van der Waals surface area contributed by atoms with Crippen LogP contribution in [0.25, 0.3) is 28.1 Å². The van der Waals surface area contributed by atoms with Gasteiger partial charge in [-0.25, -0.2) is 9.37 Å². The number of rotatable bonds is 5. The molecule has 15 heteroatoms. The maximum absolute atomic E-state index is 14.0. The van der Waals surface area contributed by atoms with Gasteiger partial charge in [0.1, 0.15) is 11.7 Å². The van der Waals surface area contributed by atoms with Gasteiger partial charge >= 0.3 is 12.8 Å². The maximum atomic E-state index is 14.0. The number of ether oxygens (including phenoxy) is 1. The van der Waals surface area contributed by atoms with Crippen LogP contribution in [0.2, 0.25) is 0 Å². The molecule has 0 bridgehead atoms. The molecule has 0 radical (unpaired) electrons. The Labute approximate surface area is 218 Å². The summed E-state index contributed by atoms with van der Waals surface area (Å²) in [5.41, 5.74) is 6.43. The Hall–Kier alpha value is -2.87. The highest BCUT2D eigenvalue weighted by Gasteiger charge is 2.46. The molecule has 1 unspecified atom stereocenters. The Balaban J connectivity index is 0.00000190. The summed E-state index contributed by atoms with van der Waals surface area (Å²) < 4.78 is 86.8. The number of likely N-dealkylation sites (tertiary alicyclic amines) is 1. The van der Waals surface area contributed by atoms with E-state index in [1.165, 1.54) is 39.8 Å². The van der Waals surface area contributed by atoms with E-state index in [9.17, 15) is 26.3 Å². The minimum absolute atomic E-state index is 0. The van der Waals surface area contributed by atoms with Crippen molar-refractivity contribution in [3.63, 3.8) is 0 Å². The molecule has 1 aliphatic heterocycles. The number of aromatic nitrogens is 4. The molecule has 7 nitrogen and oxygen atoms in total. The first-order valence-corrected chi connectivity index (χ1v) is 10.6. The van der Waals surface area contributed by atoms with Crippen LogP contribution in [0.5, 0.6) is 5.75 Å². The molecule has 1 aromatic carbocycles. The summed E-state index contributed by atoms with van der Waals surface area (Å²) in [7, 11) is 0. The summed E-state index contributed by atoms with van der Waals surface area (Å²) in [4.78, 5) is 5.62. The van der Waals surface area contributed by atoms with Crippen LogP contribution in [0.15, 0.2) is 42.6 Å². The first-order valence-electron chi connectivity index (χ1n) is 10.6. The van der Waals surface area contributed by atoms with Gasteiger partial charge in [0.05, 0.1) is 5.52 Å². The number of hydrogen-bond donors (Lipinski definition) is 1. The Kier molecular flexibility index (Phi) is 8.42. The third-order valence-corrected chi connectivity index (χ3v) is 5.86. The van der Waals surface area contributed by atoms with E-state index in [0.717, 1.165) is 12.1 Å². The molecule has 1 saturated heterocycles. The van der Waals surface area contributed by atoms with Crippen LogP contribution in [0.4, 0.5) is 26.3 Å². The fraction of sp³-hybridized carbons (Fsp3) is 0.318. The molecule has 1 fully saturated rings. The third-order valence-electron chi connectivity index (χ3n) is 5.86. The van der Waals surface area contributed by atoms with Crippen LogP contribution in [0.3, 0.4) is 0 Å². The summed E-state index contributed by atoms with van der Waals surface area (Å²) in [5.74, 6) is -1.53. The van der Waals surface area contributed by atoms with Crippen molar-refractivity contribution < 1.29 is 31.1 Å². The monoisotopic (exact) mass is 568 g/mol. The molecule has 0 aliphatic carbocycles. The van der Waals surface area contributed by atoms with Gasteiger partial charge in [0, 0.05) is 36.8 Å². The van der Waals surface area contributed by atoms with E-state index in [4.69, 9.17) is 5.73 Å². The van der Waals surface area contributed by atoms with Gasteiger partial charge in [0.2, 0.25) is 0 Å².